The van der Waals surface area contributed by atoms with Crippen molar-refractivity contribution in [2.75, 3.05) is 13.1 Å². The van der Waals surface area contributed by atoms with E-state index in [0.29, 0.717) is 18.8 Å². The molecule has 0 spiro atoms. The van der Waals surface area contributed by atoms with Crippen LogP contribution in [0.25, 0.3) is 0 Å². The van der Waals surface area contributed by atoms with Gasteiger partial charge in [-0.25, -0.2) is 4.98 Å². The number of ketones is 2. The molecule has 140 valence electrons. The van der Waals surface area contributed by atoms with Crippen molar-refractivity contribution in [3.05, 3.63) is 22.0 Å². The fourth-order valence-electron chi connectivity index (χ4n) is 2.04. The summed E-state index contributed by atoms with van der Waals surface area (Å²) in [7, 11) is 0. The van der Waals surface area contributed by atoms with Gasteiger partial charge in [0.2, 0.25) is 0 Å². The van der Waals surface area contributed by atoms with Gasteiger partial charge < -0.3 is 20.7 Å². The highest BCUT2D eigenvalue weighted by atomic mass is 16.6. The molecule has 0 saturated heterocycles. The predicted octanol–water partition coefficient (Wildman–Crippen LogP) is 1.15. The van der Waals surface area contributed by atoms with Gasteiger partial charge in [0.05, 0.1) is 17.5 Å². The van der Waals surface area contributed by atoms with Gasteiger partial charge in [-0.1, -0.05) is 4.98 Å². The summed E-state index contributed by atoms with van der Waals surface area (Å²) in [5, 5.41) is 17.0. The molecule has 1 aromatic heterocycles. The number of aromatic amines is 1. The number of nitro groups is 1. The topological polar surface area (TPSA) is 130 Å². The molecule has 9 heteroatoms. The first kappa shape index (κ1) is 20.9. The molecule has 0 aliphatic rings. The van der Waals surface area contributed by atoms with Gasteiger partial charge in [0.1, 0.15) is 17.7 Å². The van der Waals surface area contributed by atoms with Crippen LogP contribution in [0.1, 0.15) is 46.7 Å². The lowest BCUT2D eigenvalue weighted by Gasteiger charge is -2.26. The number of hydrogen-bond acceptors (Lipinski definition) is 7. The number of carbonyl (C=O) groups excluding carboxylic acids is 2. The molecule has 3 N–H and O–H groups in total. The van der Waals surface area contributed by atoms with E-state index < -0.39 is 16.0 Å². The maximum atomic E-state index is 12.4. The predicted molar refractivity (Wildman–Crippen MR) is 93.4 cm³/mol. The fourth-order valence-corrected chi connectivity index (χ4v) is 2.04. The molecule has 1 rings (SSSR count). The SMILES string of the molecule is CC(=O)C(C)(C)NCCCNC(C)(C)C(=O)Cc1cnc([N+](=O)[O-])[nH]1. The molecule has 25 heavy (non-hydrogen) atoms. The first-order valence-corrected chi connectivity index (χ1v) is 8.18. The Hall–Kier alpha value is -2.13. The molecular formula is C16H27N5O4. The molecule has 0 unspecified atom stereocenters. The van der Waals surface area contributed by atoms with Crippen molar-refractivity contribution in [2.24, 2.45) is 0 Å². The number of carbonyl (C=O) groups is 2. The summed E-state index contributed by atoms with van der Waals surface area (Å²) >= 11 is 0. The maximum Gasteiger partial charge on any atom is 0.432 e. The molecule has 0 bridgehead atoms. The number of nitrogens with one attached hydrogen (secondary N) is 3. The third kappa shape index (κ3) is 6.35. The van der Waals surface area contributed by atoms with E-state index in [4.69, 9.17) is 0 Å². The Morgan fingerprint density at radius 1 is 1.20 bits per heavy atom. The fraction of sp³-hybridized carbons (Fsp3) is 0.688. The lowest BCUT2D eigenvalue weighted by Crippen LogP contribution is -2.49. The van der Waals surface area contributed by atoms with Gasteiger partial charge >= 0.3 is 5.95 Å². The van der Waals surface area contributed by atoms with Crippen molar-refractivity contribution < 1.29 is 14.5 Å². The zero-order valence-electron chi connectivity index (χ0n) is 15.4. The number of rotatable bonds is 11. The molecule has 0 aromatic carbocycles. The molecule has 1 heterocycles. The van der Waals surface area contributed by atoms with Gasteiger partial charge in [-0.15, -0.1) is 0 Å². The number of hydrogen-bond donors (Lipinski definition) is 3. The Bertz CT molecular complexity index is 636. The molecule has 0 radical (unpaired) electrons. The van der Waals surface area contributed by atoms with Gasteiger partial charge in [0, 0.05) is 0 Å². The minimum atomic E-state index is -0.768. The highest BCUT2D eigenvalue weighted by molar-refractivity contribution is 5.89. The molecule has 9 nitrogen and oxygen atoms in total. The van der Waals surface area contributed by atoms with E-state index in [1.54, 1.807) is 20.8 Å². The highest BCUT2D eigenvalue weighted by Gasteiger charge is 2.28. The minimum Gasteiger partial charge on any atom is -0.390 e. The standard InChI is InChI=1S/C16H27N5O4/c1-11(22)15(2,3)18-7-6-8-19-16(4,5)13(23)9-12-10-17-14(20-12)21(24)25/h10,18-19H,6-9H2,1-5H3,(H,17,20). The zero-order valence-corrected chi connectivity index (χ0v) is 15.4. The number of nitrogens with zero attached hydrogens (tertiary/aromatic N) is 2. The van der Waals surface area contributed by atoms with Gasteiger partial charge in [-0.3, -0.25) is 9.59 Å². The van der Waals surface area contributed by atoms with E-state index in [9.17, 15) is 19.7 Å². The average molecular weight is 353 g/mol. The third-order valence-corrected chi connectivity index (χ3v) is 4.20. The molecule has 1 aromatic rings. The van der Waals surface area contributed by atoms with Crippen molar-refractivity contribution in [3.63, 3.8) is 0 Å². The third-order valence-electron chi connectivity index (χ3n) is 4.20. The monoisotopic (exact) mass is 353 g/mol. The van der Waals surface area contributed by atoms with E-state index in [-0.39, 0.29) is 23.9 Å². The van der Waals surface area contributed by atoms with Crippen LogP contribution in [0, 0.1) is 10.1 Å². The van der Waals surface area contributed by atoms with E-state index in [0.717, 1.165) is 6.42 Å². The quantitative estimate of drug-likeness (QED) is 0.309. The number of H-pyrrole nitrogens is 1. The van der Waals surface area contributed by atoms with E-state index in [2.05, 4.69) is 20.6 Å². The van der Waals surface area contributed by atoms with Crippen LogP contribution in [0.3, 0.4) is 0 Å². The van der Waals surface area contributed by atoms with E-state index in [1.165, 1.54) is 6.20 Å². The Kier molecular flexibility index (Phi) is 6.95. The maximum absolute atomic E-state index is 12.4. The van der Waals surface area contributed by atoms with Crippen molar-refractivity contribution in [1.29, 1.82) is 0 Å². The Morgan fingerprint density at radius 2 is 1.76 bits per heavy atom. The van der Waals surface area contributed by atoms with Crippen molar-refractivity contribution >= 4 is 17.5 Å². The Morgan fingerprint density at radius 3 is 2.24 bits per heavy atom. The van der Waals surface area contributed by atoms with Gasteiger partial charge in [0.25, 0.3) is 0 Å². The Labute approximate surface area is 147 Å². The van der Waals surface area contributed by atoms with Gasteiger partial charge in [-0.05, 0) is 59.1 Å². The van der Waals surface area contributed by atoms with Crippen LogP contribution >= 0.6 is 0 Å². The molecule has 0 fully saturated rings. The molecular weight excluding hydrogens is 326 g/mol. The molecule has 0 saturated carbocycles. The number of imidazole rings is 1. The van der Waals surface area contributed by atoms with Crippen LogP contribution in [-0.4, -0.2) is 50.6 Å². The second-order valence-electron chi connectivity index (χ2n) is 7.10. The molecule has 0 amide bonds. The molecule has 0 aliphatic heterocycles. The van der Waals surface area contributed by atoms with E-state index >= 15 is 0 Å². The van der Waals surface area contributed by atoms with E-state index in [1.807, 2.05) is 13.8 Å². The summed E-state index contributed by atoms with van der Waals surface area (Å²) in [5.74, 6) is -0.389. The lowest BCUT2D eigenvalue weighted by molar-refractivity contribution is -0.393. The van der Waals surface area contributed by atoms with Crippen molar-refractivity contribution in [3.8, 4) is 0 Å². The first-order valence-electron chi connectivity index (χ1n) is 8.18. The number of aromatic nitrogens is 2. The van der Waals surface area contributed by atoms with Crippen molar-refractivity contribution in [2.45, 2.75) is 58.5 Å². The first-order chi connectivity index (χ1) is 11.5. The summed E-state index contributed by atoms with van der Waals surface area (Å²) in [5.41, 5.74) is -0.909. The summed E-state index contributed by atoms with van der Waals surface area (Å²) < 4.78 is 0. The second kappa shape index (κ2) is 8.30. The molecule has 0 aliphatic carbocycles. The largest absolute Gasteiger partial charge is 0.432 e. The van der Waals surface area contributed by atoms with Gasteiger partial charge in [-0.2, -0.15) is 0 Å². The zero-order chi connectivity index (χ0) is 19.3. The highest BCUT2D eigenvalue weighted by Crippen LogP contribution is 2.11. The minimum absolute atomic E-state index is 0.0382. The lowest BCUT2D eigenvalue weighted by atomic mass is 9.95. The Balaban J connectivity index is 2.42. The van der Waals surface area contributed by atoms with Crippen LogP contribution in [-0.2, 0) is 16.0 Å². The summed E-state index contributed by atoms with van der Waals surface area (Å²) in [6.45, 7) is 10.0. The summed E-state index contributed by atoms with van der Waals surface area (Å²) in [6.07, 6.45) is 2.10. The summed E-state index contributed by atoms with van der Waals surface area (Å²) in [4.78, 5) is 39.9. The van der Waals surface area contributed by atoms with Crippen LogP contribution < -0.4 is 10.6 Å². The normalized spacial score (nSPS) is 12.2. The average Bonchev–Trinajstić information content (AvgIpc) is 2.95. The van der Waals surface area contributed by atoms with Crippen LogP contribution in [0.5, 0.6) is 0 Å². The van der Waals surface area contributed by atoms with Gasteiger partial charge in [0.15, 0.2) is 5.78 Å². The summed E-state index contributed by atoms with van der Waals surface area (Å²) in [6, 6.07) is 0. The van der Waals surface area contributed by atoms with Crippen LogP contribution in [0.4, 0.5) is 5.95 Å². The number of Topliss-reactive ketones (excluding diaryl/α,β-unsaturated/α-hetero) is 2. The second-order valence-corrected chi connectivity index (χ2v) is 7.10. The van der Waals surface area contributed by atoms with Crippen LogP contribution in [0.15, 0.2) is 6.20 Å². The van der Waals surface area contributed by atoms with Crippen LogP contribution in [0.2, 0.25) is 0 Å². The molecule has 0 atom stereocenters. The van der Waals surface area contributed by atoms with Crippen molar-refractivity contribution in [1.82, 2.24) is 20.6 Å². The smallest absolute Gasteiger partial charge is 0.390 e.